The Labute approximate surface area is 116 Å². The molecular weight excluding hydrogens is 258 g/mol. The molecule has 6 heteroatoms. The van der Waals surface area contributed by atoms with Gasteiger partial charge in [0, 0.05) is 18.5 Å². The highest BCUT2D eigenvalue weighted by atomic mass is 16.5. The Kier molecular flexibility index (Phi) is 3.37. The number of hydrogen-bond acceptors (Lipinski definition) is 5. The smallest absolute Gasteiger partial charge is 0.258 e. The van der Waals surface area contributed by atoms with Gasteiger partial charge in [0.15, 0.2) is 5.82 Å². The van der Waals surface area contributed by atoms with Crippen molar-refractivity contribution in [2.24, 2.45) is 0 Å². The molecule has 1 aliphatic rings. The average molecular weight is 273 g/mol. The molecule has 0 saturated carbocycles. The average Bonchev–Trinajstić information content (AvgIpc) is 3.10. The number of aromatic nitrogens is 2. The predicted octanol–water partition coefficient (Wildman–Crippen LogP) is 1.87. The molecule has 0 unspecified atom stereocenters. The van der Waals surface area contributed by atoms with E-state index in [0.29, 0.717) is 24.7 Å². The fourth-order valence-electron chi connectivity index (χ4n) is 2.23. The van der Waals surface area contributed by atoms with Gasteiger partial charge in [0.2, 0.25) is 5.91 Å². The second-order valence-electron chi connectivity index (χ2n) is 4.67. The third-order valence-corrected chi connectivity index (χ3v) is 3.29. The van der Waals surface area contributed by atoms with Crippen molar-refractivity contribution in [3.05, 3.63) is 30.1 Å². The van der Waals surface area contributed by atoms with Crippen molar-refractivity contribution in [3.63, 3.8) is 0 Å². The monoisotopic (exact) mass is 273 g/mol. The number of hydrogen-bond donors (Lipinski definition) is 0. The second kappa shape index (κ2) is 5.32. The van der Waals surface area contributed by atoms with Gasteiger partial charge in [-0.25, -0.2) is 0 Å². The number of amides is 1. The number of ether oxygens (including phenoxy) is 1. The molecule has 1 aromatic carbocycles. The molecule has 0 spiro atoms. The lowest BCUT2D eigenvalue weighted by Crippen LogP contribution is -2.24. The number of methoxy groups -OCH3 is 1. The fourth-order valence-corrected chi connectivity index (χ4v) is 2.23. The van der Waals surface area contributed by atoms with Gasteiger partial charge in [-0.3, -0.25) is 4.79 Å². The Balaban J connectivity index is 1.77. The predicted molar refractivity (Wildman–Crippen MR) is 70.9 cm³/mol. The third kappa shape index (κ3) is 2.49. The van der Waals surface area contributed by atoms with E-state index in [1.807, 2.05) is 24.3 Å². The van der Waals surface area contributed by atoms with E-state index in [1.54, 1.807) is 12.0 Å². The van der Waals surface area contributed by atoms with Gasteiger partial charge in [0.05, 0.1) is 13.7 Å². The maximum atomic E-state index is 11.6. The standard InChI is InChI=1S/C14H15N3O3/c1-19-11-5-2-4-10(8-11)14-15-12(16-20-14)9-17-7-3-6-13(17)18/h2,4-5,8H,3,6-7,9H2,1H3. The molecular formula is C14H15N3O3. The molecule has 2 heterocycles. The van der Waals surface area contributed by atoms with Gasteiger partial charge in [-0.1, -0.05) is 11.2 Å². The van der Waals surface area contributed by atoms with Crippen LogP contribution >= 0.6 is 0 Å². The molecule has 1 aromatic heterocycles. The van der Waals surface area contributed by atoms with Crippen molar-refractivity contribution < 1.29 is 14.1 Å². The first-order chi connectivity index (χ1) is 9.76. The number of carbonyl (C=O) groups is 1. The Morgan fingerprint density at radius 1 is 1.45 bits per heavy atom. The minimum absolute atomic E-state index is 0.151. The summed E-state index contributed by atoms with van der Waals surface area (Å²) in [5.74, 6) is 1.85. The van der Waals surface area contributed by atoms with Crippen LogP contribution in [0.4, 0.5) is 0 Å². The Hall–Kier alpha value is -2.37. The molecule has 0 atom stereocenters. The van der Waals surface area contributed by atoms with Gasteiger partial charge in [0.25, 0.3) is 5.89 Å². The van der Waals surface area contributed by atoms with Gasteiger partial charge in [0.1, 0.15) is 5.75 Å². The van der Waals surface area contributed by atoms with Crippen LogP contribution in [0.15, 0.2) is 28.8 Å². The lowest BCUT2D eigenvalue weighted by atomic mass is 10.2. The molecule has 1 fully saturated rings. The molecule has 0 aliphatic carbocycles. The minimum atomic E-state index is 0.151. The van der Waals surface area contributed by atoms with Crippen LogP contribution in [0.1, 0.15) is 18.7 Å². The highest BCUT2D eigenvalue weighted by Crippen LogP contribution is 2.22. The molecule has 1 aliphatic heterocycles. The fraction of sp³-hybridized carbons (Fsp3) is 0.357. The van der Waals surface area contributed by atoms with Gasteiger partial charge >= 0.3 is 0 Å². The van der Waals surface area contributed by atoms with Gasteiger partial charge in [-0.2, -0.15) is 4.98 Å². The summed E-state index contributed by atoms with van der Waals surface area (Å²) in [5.41, 5.74) is 0.802. The van der Waals surface area contributed by atoms with Crippen molar-refractivity contribution in [1.29, 1.82) is 0 Å². The van der Waals surface area contributed by atoms with Crippen LogP contribution < -0.4 is 4.74 Å². The van der Waals surface area contributed by atoms with E-state index in [9.17, 15) is 4.79 Å². The summed E-state index contributed by atoms with van der Waals surface area (Å²) in [6, 6.07) is 7.42. The van der Waals surface area contributed by atoms with Crippen LogP contribution in [0, 0.1) is 0 Å². The summed E-state index contributed by atoms with van der Waals surface area (Å²) in [6.07, 6.45) is 1.51. The van der Waals surface area contributed by atoms with E-state index in [0.717, 1.165) is 24.3 Å². The number of rotatable bonds is 4. The normalized spacial score (nSPS) is 14.8. The molecule has 0 radical (unpaired) electrons. The summed E-state index contributed by atoms with van der Waals surface area (Å²) < 4.78 is 10.4. The van der Waals surface area contributed by atoms with Crippen LogP contribution in [0.5, 0.6) is 5.75 Å². The molecule has 2 aromatic rings. The highest BCUT2D eigenvalue weighted by Gasteiger charge is 2.22. The molecule has 1 saturated heterocycles. The zero-order valence-corrected chi connectivity index (χ0v) is 11.2. The van der Waals surface area contributed by atoms with E-state index in [-0.39, 0.29) is 5.91 Å². The van der Waals surface area contributed by atoms with Crippen LogP contribution in [0.3, 0.4) is 0 Å². The summed E-state index contributed by atoms with van der Waals surface area (Å²) in [6.45, 7) is 1.17. The van der Waals surface area contributed by atoms with Crippen molar-refractivity contribution in [1.82, 2.24) is 15.0 Å². The van der Waals surface area contributed by atoms with Gasteiger partial charge < -0.3 is 14.2 Å². The van der Waals surface area contributed by atoms with Crippen molar-refractivity contribution in [3.8, 4) is 17.2 Å². The lowest BCUT2D eigenvalue weighted by molar-refractivity contribution is -0.128. The molecule has 104 valence electrons. The molecule has 0 N–H and O–H groups in total. The minimum Gasteiger partial charge on any atom is -0.497 e. The topological polar surface area (TPSA) is 68.5 Å². The van der Waals surface area contributed by atoms with Crippen molar-refractivity contribution >= 4 is 5.91 Å². The zero-order valence-electron chi connectivity index (χ0n) is 11.2. The van der Waals surface area contributed by atoms with Crippen LogP contribution in [0.2, 0.25) is 0 Å². The SMILES string of the molecule is COc1cccc(-c2nc(CN3CCCC3=O)no2)c1. The van der Waals surface area contributed by atoms with Crippen molar-refractivity contribution in [2.45, 2.75) is 19.4 Å². The second-order valence-corrected chi connectivity index (χ2v) is 4.67. The maximum Gasteiger partial charge on any atom is 0.258 e. The summed E-state index contributed by atoms with van der Waals surface area (Å²) in [7, 11) is 1.61. The van der Waals surface area contributed by atoms with E-state index >= 15 is 0 Å². The van der Waals surface area contributed by atoms with Crippen molar-refractivity contribution in [2.75, 3.05) is 13.7 Å². The summed E-state index contributed by atoms with van der Waals surface area (Å²) in [5, 5.41) is 3.93. The van der Waals surface area contributed by atoms with Gasteiger partial charge in [-0.05, 0) is 24.6 Å². The van der Waals surface area contributed by atoms with E-state index < -0.39 is 0 Å². The lowest BCUT2D eigenvalue weighted by Gasteiger charge is -2.11. The number of nitrogens with zero attached hydrogens (tertiary/aromatic N) is 3. The number of benzene rings is 1. The molecule has 1 amide bonds. The Morgan fingerprint density at radius 2 is 2.35 bits per heavy atom. The summed E-state index contributed by atoms with van der Waals surface area (Å²) >= 11 is 0. The van der Waals surface area contributed by atoms with Crippen LogP contribution in [0.25, 0.3) is 11.5 Å². The first kappa shape index (κ1) is 12.7. The molecule has 6 nitrogen and oxygen atoms in total. The quantitative estimate of drug-likeness (QED) is 0.850. The molecule has 20 heavy (non-hydrogen) atoms. The summed E-state index contributed by atoms with van der Waals surface area (Å²) in [4.78, 5) is 17.6. The number of likely N-dealkylation sites (tertiary alicyclic amines) is 1. The van der Waals surface area contributed by atoms with E-state index in [1.165, 1.54) is 0 Å². The first-order valence-corrected chi connectivity index (χ1v) is 6.51. The number of carbonyl (C=O) groups excluding carboxylic acids is 1. The first-order valence-electron chi connectivity index (χ1n) is 6.51. The van der Waals surface area contributed by atoms with Crippen LogP contribution in [-0.4, -0.2) is 34.6 Å². The molecule has 3 rings (SSSR count). The van der Waals surface area contributed by atoms with E-state index in [2.05, 4.69) is 10.1 Å². The highest BCUT2D eigenvalue weighted by molar-refractivity contribution is 5.77. The maximum absolute atomic E-state index is 11.6. The molecule has 0 bridgehead atoms. The van der Waals surface area contributed by atoms with E-state index in [4.69, 9.17) is 9.26 Å². The Bertz CT molecular complexity index is 624. The zero-order chi connectivity index (χ0) is 13.9. The Morgan fingerprint density at radius 3 is 3.10 bits per heavy atom. The van der Waals surface area contributed by atoms with Crippen LogP contribution in [-0.2, 0) is 11.3 Å². The largest absolute Gasteiger partial charge is 0.497 e. The van der Waals surface area contributed by atoms with Gasteiger partial charge in [-0.15, -0.1) is 0 Å². The third-order valence-electron chi connectivity index (χ3n) is 3.29.